The molecule has 1 aliphatic rings. The molecule has 0 aliphatic carbocycles. The van der Waals surface area contributed by atoms with Gasteiger partial charge in [0.25, 0.3) is 5.91 Å². The number of carbonyl (C=O) groups is 2. The number of hydrogen-bond donors (Lipinski definition) is 1. The number of piperazine rings is 1. The zero-order valence-electron chi connectivity index (χ0n) is 15.8. The minimum Gasteiger partial charge on any atom is -0.459 e. The predicted molar refractivity (Wildman–Crippen MR) is 108 cm³/mol. The molecular weight excluding hydrogens is 354 g/mol. The molecule has 0 radical (unpaired) electrons. The van der Waals surface area contributed by atoms with Crippen molar-refractivity contribution in [2.45, 2.75) is 13.0 Å². The highest BCUT2D eigenvalue weighted by Crippen LogP contribution is 2.19. The lowest BCUT2D eigenvalue weighted by molar-refractivity contribution is -0.121. The van der Waals surface area contributed by atoms with Crippen LogP contribution in [0.4, 0.5) is 5.69 Å². The Bertz CT molecular complexity index is 976. The summed E-state index contributed by atoms with van der Waals surface area (Å²) >= 11 is 0. The van der Waals surface area contributed by atoms with Crippen LogP contribution in [0, 0.1) is 0 Å². The van der Waals surface area contributed by atoms with Gasteiger partial charge in [0, 0.05) is 31.9 Å². The lowest BCUT2D eigenvalue weighted by atomic mass is 10.1. The Hall–Kier alpha value is -3.12. The molecule has 28 heavy (non-hydrogen) atoms. The molecule has 6 heteroatoms. The van der Waals surface area contributed by atoms with E-state index in [9.17, 15) is 9.59 Å². The van der Waals surface area contributed by atoms with Crippen molar-refractivity contribution in [3.63, 3.8) is 0 Å². The molecule has 1 atom stereocenters. The van der Waals surface area contributed by atoms with Crippen molar-refractivity contribution in [3.8, 4) is 0 Å². The van der Waals surface area contributed by atoms with Crippen LogP contribution < -0.4 is 5.32 Å². The van der Waals surface area contributed by atoms with Gasteiger partial charge in [-0.05, 0) is 42.0 Å². The van der Waals surface area contributed by atoms with Crippen LogP contribution in [0.2, 0.25) is 0 Å². The molecule has 0 bridgehead atoms. The Morgan fingerprint density at radius 1 is 0.964 bits per heavy atom. The highest BCUT2D eigenvalue weighted by molar-refractivity contribution is 5.97. The second-order valence-electron chi connectivity index (χ2n) is 7.03. The zero-order chi connectivity index (χ0) is 19.5. The van der Waals surface area contributed by atoms with Crippen molar-refractivity contribution in [1.29, 1.82) is 0 Å². The summed E-state index contributed by atoms with van der Waals surface area (Å²) < 4.78 is 5.19. The molecule has 1 N–H and O–H groups in total. The first-order chi connectivity index (χ1) is 13.6. The van der Waals surface area contributed by atoms with Crippen molar-refractivity contribution in [3.05, 3.63) is 66.6 Å². The molecule has 0 saturated carbocycles. The van der Waals surface area contributed by atoms with E-state index in [1.165, 1.54) is 6.26 Å². The summed E-state index contributed by atoms with van der Waals surface area (Å²) in [5, 5.41) is 5.25. The van der Waals surface area contributed by atoms with Crippen molar-refractivity contribution in [2.75, 3.05) is 31.5 Å². The fourth-order valence-corrected chi connectivity index (χ4v) is 3.55. The van der Waals surface area contributed by atoms with E-state index < -0.39 is 0 Å². The smallest absolute Gasteiger partial charge is 0.289 e. The molecule has 144 valence electrons. The van der Waals surface area contributed by atoms with E-state index in [1.807, 2.05) is 49.4 Å². The van der Waals surface area contributed by atoms with E-state index in [-0.39, 0.29) is 17.9 Å². The van der Waals surface area contributed by atoms with Crippen LogP contribution in [0.25, 0.3) is 10.8 Å². The average Bonchev–Trinajstić information content (AvgIpc) is 3.27. The number of rotatable bonds is 4. The summed E-state index contributed by atoms with van der Waals surface area (Å²) in [6.45, 7) is 4.36. The number of hydrogen-bond acceptors (Lipinski definition) is 4. The number of nitrogens with zero attached hydrogens (tertiary/aromatic N) is 2. The number of amides is 2. The maximum absolute atomic E-state index is 12.7. The molecule has 2 amide bonds. The summed E-state index contributed by atoms with van der Waals surface area (Å²) in [5.41, 5.74) is 0.794. The lowest BCUT2D eigenvalue weighted by Crippen LogP contribution is -2.54. The molecule has 1 aliphatic heterocycles. The molecule has 6 nitrogen and oxygen atoms in total. The Morgan fingerprint density at radius 2 is 1.71 bits per heavy atom. The van der Waals surface area contributed by atoms with Gasteiger partial charge in [-0.1, -0.05) is 30.3 Å². The van der Waals surface area contributed by atoms with Gasteiger partial charge in [0.2, 0.25) is 5.91 Å². The standard InChI is InChI=1S/C22H23N3O3/c1-16(21(26)23-19-9-8-17-5-2-3-6-18(17)15-19)24-10-12-25(13-11-24)22(27)20-7-4-14-28-20/h2-9,14-16H,10-13H2,1H3,(H,23,26)/t16-/m0/s1. The third-order valence-corrected chi connectivity index (χ3v) is 5.28. The van der Waals surface area contributed by atoms with Crippen molar-refractivity contribution < 1.29 is 14.0 Å². The SMILES string of the molecule is C[C@@H](C(=O)Nc1ccc2ccccc2c1)N1CCN(C(=O)c2ccco2)CC1. The Labute approximate surface area is 163 Å². The fraction of sp³-hybridized carbons (Fsp3) is 0.273. The highest BCUT2D eigenvalue weighted by Gasteiger charge is 2.28. The van der Waals surface area contributed by atoms with Crippen molar-refractivity contribution in [1.82, 2.24) is 9.80 Å². The monoisotopic (exact) mass is 377 g/mol. The largest absolute Gasteiger partial charge is 0.459 e. The second-order valence-corrected chi connectivity index (χ2v) is 7.03. The van der Waals surface area contributed by atoms with Gasteiger partial charge in [0.1, 0.15) is 0 Å². The van der Waals surface area contributed by atoms with Gasteiger partial charge < -0.3 is 14.6 Å². The van der Waals surface area contributed by atoms with Gasteiger partial charge in [-0.25, -0.2) is 0 Å². The molecule has 3 aromatic rings. The quantitative estimate of drug-likeness (QED) is 0.758. The average molecular weight is 377 g/mol. The maximum Gasteiger partial charge on any atom is 0.289 e. The highest BCUT2D eigenvalue weighted by atomic mass is 16.3. The van der Waals surface area contributed by atoms with Gasteiger partial charge in [-0.2, -0.15) is 0 Å². The van der Waals surface area contributed by atoms with E-state index in [0.29, 0.717) is 31.9 Å². The topological polar surface area (TPSA) is 65.8 Å². The zero-order valence-corrected chi connectivity index (χ0v) is 15.8. The Morgan fingerprint density at radius 3 is 2.43 bits per heavy atom. The fourth-order valence-electron chi connectivity index (χ4n) is 3.55. The molecule has 1 fully saturated rings. The third kappa shape index (κ3) is 3.77. The number of benzene rings is 2. The van der Waals surface area contributed by atoms with Gasteiger partial charge in [-0.3, -0.25) is 14.5 Å². The molecule has 4 rings (SSSR count). The van der Waals surface area contributed by atoms with Gasteiger partial charge in [-0.15, -0.1) is 0 Å². The van der Waals surface area contributed by atoms with Crippen LogP contribution in [0.5, 0.6) is 0 Å². The van der Waals surface area contributed by atoms with Crippen LogP contribution in [-0.4, -0.2) is 53.8 Å². The molecule has 0 spiro atoms. The lowest BCUT2D eigenvalue weighted by Gasteiger charge is -2.37. The minimum absolute atomic E-state index is 0.0407. The van der Waals surface area contributed by atoms with E-state index in [1.54, 1.807) is 17.0 Å². The van der Waals surface area contributed by atoms with Crippen molar-refractivity contribution >= 4 is 28.3 Å². The molecule has 2 heterocycles. The number of nitrogens with one attached hydrogen (secondary N) is 1. The van der Waals surface area contributed by atoms with E-state index in [0.717, 1.165) is 16.5 Å². The predicted octanol–water partition coefficient (Wildman–Crippen LogP) is 3.22. The molecule has 2 aromatic carbocycles. The minimum atomic E-state index is -0.271. The van der Waals surface area contributed by atoms with Gasteiger partial charge >= 0.3 is 0 Å². The second kappa shape index (κ2) is 7.86. The number of carbonyl (C=O) groups excluding carboxylic acids is 2. The molecule has 1 saturated heterocycles. The normalized spacial score (nSPS) is 16.1. The molecule has 0 unspecified atom stereocenters. The summed E-state index contributed by atoms with van der Waals surface area (Å²) in [6, 6.07) is 17.1. The summed E-state index contributed by atoms with van der Waals surface area (Å²) in [7, 11) is 0. The van der Waals surface area contributed by atoms with Crippen molar-refractivity contribution in [2.24, 2.45) is 0 Å². The summed E-state index contributed by atoms with van der Waals surface area (Å²) in [6.07, 6.45) is 1.50. The number of anilines is 1. The van der Waals surface area contributed by atoms with E-state index in [4.69, 9.17) is 4.42 Å². The van der Waals surface area contributed by atoms with E-state index >= 15 is 0 Å². The Balaban J connectivity index is 1.34. The van der Waals surface area contributed by atoms with E-state index in [2.05, 4.69) is 10.2 Å². The van der Waals surface area contributed by atoms with Gasteiger partial charge in [0.05, 0.1) is 12.3 Å². The first-order valence-corrected chi connectivity index (χ1v) is 9.48. The number of fused-ring (bicyclic) bond motifs is 1. The van der Waals surface area contributed by atoms with Crippen LogP contribution in [0.3, 0.4) is 0 Å². The third-order valence-electron chi connectivity index (χ3n) is 5.28. The summed E-state index contributed by atoms with van der Waals surface area (Å²) in [5.74, 6) is 0.217. The first kappa shape index (κ1) is 18.3. The Kier molecular flexibility index (Phi) is 5.12. The van der Waals surface area contributed by atoms with Gasteiger partial charge in [0.15, 0.2) is 5.76 Å². The van der Waals surface area contributed by atoms with Crippen LogP contribution in [0.15, 0.2) is 65.3 Å². The number of furan rings is 1. The van der Waals surface area contributed by atoms with Crippen LogP contribution >= 0.6 is 0 Å². The van der Waals surface area contributed by atoms with Crippen LogP contribution in [-0.2, 0) is 4.79 Å². The molecular formula is C22H23N3O3. The summed E-state index contributed by atoms with van der Waals surface area (Å²) in [4.78, 5) is 28.9. The van der Waals surface area contributed by atoms with Crippen LogP contribution in [0.1, 0.15) is 17.5 Å². The molecule has 1 aromatic heterocycles. The maximum atomic E-state index is 12.7. The first-order valence-electron chi connectivity index (χ1n) is 9.48.